The predicted octanol–water partition coefficient (Wildman–Crippen LogP) is 3.44. The first-order valence-corrected chi connectivity index (χ1v) is 7.01. The lowest BCUT2D eigenvalue weighted by atomic mass is 10.1. The van der Waals surface area contributed by atoms with Crippen LogP contribution in [0.5, 0.6) is 5.88 Å². The van der Waals surface area contributed by atoms with Gasteiger partial charge in [0.25, 0.3) is 0 Å². The molecule has 1 N–H and O–H groups in total. The smallest absolute Gasteiger partial charge is 0.416 e. The molecule has 0 bridgehead atoms. The lowest BCUT2D eigenvalue weighted by Gasteiger charge is -2.07. The van der Waals surface area contributed by atoms with E-state index in [1.165, 1.54) is 31.4 Å². The summed E-state index contributed by atoms with van der Waals surface area (Å²) in [6.45, 7) is 0.197. The molecule has 0 unspecified atom stereocenters. The summed E-state index contributed by atoms with van der Waals surface area (Å²) in [6.07, 6.45) is -0.343. The lowest BCUT2D eigenvalue weighted by Crippen LogP contribution is -2.20. The van der Waals surface area contributed by atoms with E-state index in [0.717, 1.165) is 12.1 Å². The van der Waals surface area contributed by atoms with Gasteiger partial charge >= 0.3 is 6.18 Å². The van der Waals surface area contributed by atoms with Gasteiger partial charge in [-0.05, 0) is 29.8 Å². The lowest BCUT2D eigenvalue weighted by molar-refractivity contribution is -0.137. The number of aromatic nitrogens is 1. The zero-order valence-corrected chi connectivity index (χ0v) is 12.8. The summed E-state index contributed by atoms with van der Waals surface area (Å²) in [5.74, 6) is -0.0297. The summed E-state index contributed by atoms with van der Waals surface area (Å²) in [5.41, 5.74) is 0.227. The molecule has 0 atom stereocenters. The van der Waals surface area contributed by atoms with E-state index in [9.17, 15) is 18.0 Å². The average Bonchev–Trinajstić information content (AvgIpc) is 2.58. The minimum absolute atomic E-state index is 0.197. The highest BCUT2D eigenvalue weighted by Crippen LogP contribution is 2.29. The monoisotopic (exact) mass is 336 g/mol. The number of methoxy groups -OCH3 is 1. The maximum atomic E-state index is 12.6. The zero-order valence-electron chi connectivity index (χ0n) is 12.8. The third kappa shape index (κ3) is 4.84. The summed E-state index contributed by atoms with van der Waals surface area (Å²) in [5, 5.41) is 2.62. The number of nitrogens with zero attached hydrogens (tertiary/aromatic N) is 1. The first kappa shape index (κ1) is 17.5. The molecule has 0 spiro atoms. The number of rotatable bonds is 5. The van der Waals surface area contributed by atoms with Gasteiger partial charge in [-0.25, -0.2) is 4.98 Å². The number of nitrogens with one attached hydrogen (secondary N) is 1. The van der Waals surface area contributed by atoms with Gasteiger partial charge in [-0.1, -0.05) is 18.2 Å². The van der Waals surface area contributed by atoms with Crippen LogP contribution in [0.4, 0.5) is 13.2 Å². The number of alkyl halides is 3. The van der Waals surface area contributed by atoms with Crippen molar-refractivity contribution in [2.45, 2.75) is 12.7 Å². The van der Waals surface area contributed by atoms with Crippen molar-refractivity contribution in [3.8, 4) is 5.88 Å². The maximum absolute atomic E-state index is 12.6. The summed E-state index contributed by atoms with van der Waals surface area (Å²) in [7, 11) is 1.47. The first-order valence-electron chi connectivity index (χ1n) is 7.01. The van der Waals surface area contributed by atoms with Crippen LogP contribution in [-0.4, -0.2) is 18.0 Å². The van der Waals surface area contributed by atoms with E-state index in [2.05, 4.69) is 10.3 Å². The Labute approximate surface area is 137 Å². The molecule has 0 radical (unpaired) electrons. The molecule has 0 aliphatic heterocycles. The van der Waals surface area contributed by atoms with Crippen LogP contribution in [-0.2, 0) is 17.5 Å². The topological polar surface area (TPSA) is 51.2 Å². The van der Waals surface area contributed by atoms with E-state index in [1.807, 2.05) is 0 Å². The third-order valence-corrected chi connectivity index (χ3v) is 3.14. The normalized spacial score (nSPS) is 11.5. The molecule has 2 aromatic rings. The second-order valence-corrected chi connectivity index (χ2v) is 4.85. The fourth-order valence-corrected chi connectivity index (χ4v) is 1.97. The van der Waals surface area contributed by atoms with Gasteiger partial charge in [-0.3, -0.25) is 4.79 Å². The molecule has 4 nitrogen and oxygen atoms in total. The number of pyridine rings is 1. The molecule has 1 aromatic heterocycles. The third-order valence-electron chi connectivity index (χ3n) is 3.14. The summed E-state index contributed by atoms with van der Waals surface area (Å²) >= 11 is 0. The molecule has 0 saturated carbocycles. The molecule has 7 heteroatoms. The molecule has 0 fully saturated rings. The van der Waals surface area contributed by atoms with Crippen LogP contribution in [0.25, 0.3) is 6.08 Å². The largest absolute Gasteiger partial charge is 0.481 e. The number of amides is 1. The fourth-order valence-electron chi connectivity index (χ4n) is 1.97. The Balaban J connectivity index is 1.98. The summed E-state index contributed by atoms with van der Waals surface area (Å²) in [6, 6.07) is 8.20. The van der Waals surface area contributed by atoms with Crippen LogP contribution in [0.1, 0.15) is 16.7 Å². The SMILES string of the molecule is COc1ncccc1CNC(=O)/C=C/c1cccc(C(F)(F)F)c1. The standard InChI is InChI=1S/C17H15F3N2O2/c1-24-16-13(5-3-9-21-16)11-22-15(23)8-7-12-4-2-6-14(10-12)17(18,19)20/h2-10H,11H2,1H3,(H,22,23)/b8-7+. The maximum Gasteiger partial charge on any atom is 0.416 e. The minimum atomic E-state index is -4.41. The minimum Gasteiger partial charge on any atom is -0.481 e. The summed E-state index contributed by atoms with van der Waals surface area (Å²) in [4.78, 5) is 15.8. The van der Waals surface area contributed by atoms with Crippen LogP contribution in [0.2, 0.25) is 0 Å². The Kier molecular flexibility index (Phi) is 5.57. The van der Waals surface area contributed by atoms with Gasteiger partial charge in [0.05, 0.1) is 12.7 Å². The fraction of sp³-hybridized carbons (Fsp3) is 0.176. The van der Waals surface area contributed by atoms with Crippen molar-refractivity contribution in [3.05, 3.63) is 65.4 Å². The number of hydrogen-bond acceptors (Lipinski definition) is 3. The average molecular weight is 336 g/mol. The van der Waals surface area contributed by atoms with E-state index in [-0.39, 0.29) is 6.54 Å². The van der Waals surface area contributed by atoms with Crippen molar-refractivity contribution in [3.63, 3.8) is 0 Å². The van der Waals surface area contributed by atoms with E-state index in [0.29, 0.717) is 17.0 Å². The molecule has 1 heterocycles. The Morgan fingerprint density at radius 3 is 2.79 bits per heavy atom. The van der Waals surface area contributed by atoms with Gasteiger partial charge in [-0.2, -0.15) is 13.2 Å². The quantitative estimate of drug-likeness (QED) is 0.851. The van der Waals surface area contributed by atoms with E-state index < -0.39 is 17.6 Å². The van der Waals surface area contributed by atoms with Crippen LogP contribution in [0.3, 0.4) is 0 Å². The van der Waals surface area contributed by atoms with Crippen LogP contribution < -0.4 is 10.1 Å². The number of ether oxygens (including phenoxy) is 1. The molecule has 1 amide bonds. The second-order valence-electron chi connectivity index (χ2n) is 4.85. The Morgan fingerprint density at radius 1 is 1.29 bits per heavy atom. The van der Waals surface area contributed by atoms with E-state index in [1.54, 1.807) is 18.3 Å². The van der Waals surface area contributed by atoms with Crippen LogP contribution in [0, 0.1) is 0 Å². The molecular formula is C17H15F3N2O2. The molecule has 0 aliphatic rings. The van der Waals surface area contributed by atoms with Crippen LogP contribution in [0.15, 0.2) is 48.7 Å². The van der Waals surface area contributed by atoms with Crippen molar-refractivity contribution < 1.29 is 22.7 Å². The molecule has 126 valence electrons. The molecule has 2 rings (SSSR count). The Bertz CT molecular complexity index is 743. The van der Waals surface area contributed by atoms with Gasteiger partial charge in [0, 0.05) is 24.4 Å². The first-order chi connectivity index (χ1) is 11.4. The number of benzene rings is 1. The number of hydrogen-bond donors (Lipinski definition) is 1. The molecule has 0 aliphatic carbocycles. The van der Waals surface area contributed by atoms with Gasteiger partial charge in [0.2, 0.25) is 11.8 Å². The van der Waals surface area contributed by atoms with Gasteiger partial charge in [-0.15, -0.1) is 0 Å². The van der Waals surface area contributed by atoms with E-state index >= 15 is 0 Å². The van der Waals surface area contributed by atoms with Gasteiger partial charge in [0.1, 0.15) is 0 Å². The second kappa shape index (κ2) is 7.63. The Hall–Kier alpha value is -2.83. The molecule has 1 aromatic carbocycles. The highest BCUT2D eigenvalue weighted by molar-refractivity contribution is 5.91. The highest BCUT2D eigenvalue weighted by atomic mass is 19.4. The molecule has 24 heavy (non-hydrogen) atoms. The molecule has 0 saturated heterocycles. The predicted molar refractivity (Wildman–Crippen MR) is 83.1 cm³/mol. The van der Waals surface area contributed by atoms with Crippen molar-refractivity contribution in [2.75, 3.05) is 7.11 Å². The zero-order chi connectivity index (χ0) is 17.6. The number of carbonyl (C=O) groups excluding carboxylic acids is 1. The van der Waals surface area contributed by atoms with Gasteiger partial charge < -0.3 is 10.1 Å². The molecular weight excluding hydrogens is 321 g/mol. The van der Waals surface area contributed by atoms with Crippen molar-refractivity contribution in [1.29, 1.82) is 0 Å². The Morgan fingerprint density at radius 2 is 2.08 bits per heavy atom. The number of carbonyl (C=O) groups is 1. The number of halogens is 3. The summed E-state index contributed by atoms with van der Waals surface area (Å²) < 4.78 is 42.9. The van der Waals surface area contributed by atoms with Crippen molar-refractivity contribution in [1.82, 2.24) is 10.3 Å². The van der Waals surface area contributed by atoms with Crippen molar-refractivity contribution >= 4 is 12.0 Å². The highest BCUT2D eigenvalue weighted by Gasteiger charge is 2.30. The van der Waals surface area contributed by atoms with Crippen molar-refractivity contribution in [2.24, 2.45) is 0 Å². The van der Waals surface area contributed by atoms with Gasteiger partial charge in [0.15, 0.2) is 0 Å². The van der Waals surface area contributed by atoms with E-state index in [4.69, 9.17) is 4.74 Å². The van der Waals surface area contributed by atoms with Crippen LogP contribution >= 0.6 is 0 Å².